The molecule has 12 heteroatoms. The molecule has 1 N–H and O–H groups in total. The molecule has 11 nitrogen and oxygen atoms in total. The minimum Gasteiger partial charge on any atom is -0.465 e. The quantitative estimate of drug-likeness (QED) is 0.233. The Labute approximate surface area is 231 Å². The van der Waals surface area contributed by atoms with Crippen molar-refractivity contribution in [3.63, 3.8) is 0 Å². The molecular weight excluding hydrogens is 534 g/mol. The highest BCUT2D eigenvalue weighted by Gasteiger charge is 2.35. The molecule has 0 aliphatic carbocycles. The van der Waals surface area contributed by atoms with E-state index >= 15 is 0 Å². The Bertz CT molecular complexity index is 1710. The molecule has 0 radical (unpaired) electrons. The van der Waals surface area contributed by atoms with Gasteiger partial charge in [0.25, 0.3) is 5.91 Å². The van der Waals surface area contributed by atoms with Gasteiger partial charge in [0.1, 0.15) is 12.4 Å². The van der Waals surface area contributed by atoms with Gasteiger partial charge in [-0.25, -0.2) is 22.9 Å². The number of nitrogens with one attached hydrogen (secondary N) is 1. The van der Waals surface area contributed by atoms with Crippen molar-refractivity contribution in [2.24, 2.45) is 5.16 Å². The molecule has 2 heterocycles. The number of carbonyl (C=O) groups is 2. The number of amides is 1. The first-order valence-corrected chi connectivity index (χ1v) is 14.3. The van der Waals surface area contributed by atoms with Crippen LogP contribution >= 0.6 is 0 Å². The highest BCUT2D eigenvalue weighted by atomic mass is 32.2. The van der Waals surface area contributed by atoms with Gasteiger partial charge in [-0.05, 0) is 35.9 Å². The minimum atomic E-state index is -3.36. The molecule has 0 unspecified atom stereocenters. The van der Waals surface area contributed by atoms with Gasteiger partial charge >= 0.3 is 5.97 Å². The third kappa shape index (κ3) is 5.72. The summed E-state index contributed by atoms with van der Waals surface area (Å²) in [6, 6.07) is 21.6. The van der Waals surface area contributed by atoms with Crippen LogP contribution in [0.3, 0.4) is 0 Å². The number of ether oxygens (including phenoxy) is 1. The molecule has 1 aliphatic rings. The van der Waals surface area contributed by atoms with E-state index < -0.39 is 16.0 Å². The average Bonchev–Trinajstić information content (AvgIpc) is 3.42. The number of rotatable bonds is 10. The van der Waals surface area contributed by atoms with E-state index in [1.54, 1.807) is 35.2 Å². The van der Waals surface area contributed by atoms with Gasteiger partial charge in [0, 0.05) is 18.7 Å². The molecule has 40 heavy (non-hydrogen) atoms. The van der Waals surface area contributed by atoms with E-state index in [0.717, 1.165) is 22.9 Å². The Morgan fingerprint density at radius 2 is 1.75 bits per heavy atom. The fraction of sp³-hybridized carbons (Fsp3) is 0.214. The molecule has 0 saturated heterocycles. The number of para-hydroxylation sites is 3. The summed E-state index contributed by atoms with van der Waals surface area (Å²) in [6.07, 6.45) is 1.11. The minimum absolute atomic E-state index is 0.101. The predicted molar refractivity (Wildman–Crippen MR) is 149 cm³/mol. The standard InChI is InChI=1S/C28H27N5O6S/c1-38-28(35)20-13-11-19(12-14-20)18-39-31-26-21-7-3-5-9-23(21)33(27(26)34)17-25-30-22-8-4-6-10-24(22)32(25)16-15-29-40(2,36)37/h3-14,29H,15-18H2,1-2H3/b31-26-. The summed E-state index contributed by atoms with van der Waals surface area (Å²) in [5, 5.41) is 4.18. The number of hydrogen-bond donors (Lipinski definition) is 1. The van der Waals surface area contributed by atoms with Crippen LogP contribution in [0.1, 0.15) is 27.3 Å². The maximum atomic E-state index is 13.6. The van der Waals surface area contributed by atoms with Crippen molar-refractivity contribution in [3.05, 3.63) is 95.3 Å². The molecule has 0 spiro atoms. The molecule has 0 bridgehead atoms. The second-order valence-corrected chi connectivity index (χ2v) is 11.0. The number of sulfonamides is 1. The third-order valence-corrected chi connectivity index (χ3v) is 7.12. The van der Waals surface area contributed by atoms with E-state index in [9.17, 15) is 18.0 Å². The van der Waals surface area contributed by atoms with Crippen LogP contribution in [-0.4, -0.2) is 55.5 Å². The zero-order valence-corrected chi connectivity index (χ0v) is 22.7. The normalized spacial score (nSPS) is 14.1. The van der Waals surface area contributed by atoms with Gasteiger partial charge in [-0.1, -0.05) is 47.6 Å². The summed E-state index contributed by atoms with van der Waals surface area (Å²) in [5.74, 6) is -0.163. The fourth-order valence-corrected chi connectivity index (χ4v) is 4.98. The van der Waals surface area contributed by atoms with Crippen LogP contribution in [-0.2, 0) is 44.1 Å². The fourth-order valence-electron chi connectivity index (χ4n) is 4.51. The SMILES string of the molecule is COC(=O)c1ccc(CO/N=C2\C(=O)N(Cc3nc4ccccc4n3CCNS(C)(=O)=O)c3ccccc32)cc1. The van der Waals surface area contributed by atoms with E-state index in [4.69, 9.17) is 14.6 Å². The van der Waals surface area contributed by atoms with Crippen LogP contribution in [0.4, 0.5) is 5.69 Å². The summed E-state index contributed by atoms with van der Waals surface area (Å²) >= 11 is 0. The summed E-state index contributed by atoms with van der Waals surface area (Å²) in [7, 11) is -2.04. The van der Waals surface area contributed by atoms with Gasteiger partial charge in [-0.3, -0.25) is 9.69 Å². The molecular formula is C28H27N5O6S. The number of anilines is 1. The zero-order chi connectivity index (χ0) is 28.3. The van der Waals surface area contributed by atoms with Crippen molar-refractivity contribution in [2.75, 3.05) is 24.8 Å². The Kier molecular flexibility index (Phi) is 7.63. The van der Waals surface area contributed by atoms with Crippen LogP contribution in [0.5, 0.6) is 0 Å². The molecule has 206 valence electrons. The first-order valence-electron chi connectivity index (χ1n) is 12.4. The van der Waals surface area contributed by atoms with Crippen LogP contribution in [0.15, 0.2) is 78.0 Å². The first-order chi connectivity index (χ1) is 19.2. The number of carbonyl (C=O) groups excluding carboxylic acids is 2. The summed E-state index contributed by atoms with van der Waals surface area (Å²) in [6.45, 7) is 0.768. The smallest absolute Gasteiger partial charge is 0.337 e. The van der Waals surface area contributed by atoms with Crippen molar-refractivity contribution >= 4 is 44.3 Å². The van der Waals surface area contributed by atoms with Crippen molar-refractivity contribution < 1.29 is 27.6 Å². The third-order valence-electron chi connectivity index (χ3n) is 6.39. The molecule has 0 fully saturated rings. The summed E-state index contributed by atoms with van der Waals surface area (Å²) in [5.41, 5.74) is 4.24. The lowest BCUT2D eigenvalue weighted by atomic mass is 10.1. The van der Waals surface area contributed by atoms with Gasteiger partial charge in [0.05, 0.1) is 42.2 Å². The number of oxime groups is 1. The highest BCUT2D eigenvalue weighted by Crippen LogP contribution is 2.31. The molecule has 0 saturated carbocycles. The maximum Gasteiger partial charge on any atom is 0.337 e. The predicted octanol–water partition coefficient (Wildman–Crippen LogP) is 2.84. The Morgan fingerprint density at radius 3 is 2.50 bits per heavy atom. The van der Waals surface area contributed by atoms with Gasteiger partial charge in [-0.15, -0.1) is 0 Å². The number of hydrogen-bond acceptors (Lipinski definition) is 8. The average molecular weight is 562 g/mol. The number of methoxy groups -OCH3 is 1. The van der Waals surface area contributed by atoms with E-state index in [-0.39, 0.29) is 31.3 Å². The summed E-state index contributed by atoms with van der Waals surface area (Å²) in [4.78, 5) is 37.1. The largest absolute Gasteiger partial charge is 0.465 e. The molecule has 1 aromatic heterocycles. The molecule has 1 amide bonds. The highest BCUT2D eigenvalue weighted by molar-refractivity contribution is 7.88. The number of imidazole rings is 1. The lowest BCUT2D eigenvalue weighted by Crippen LogP contribution is -2.32. The van der Waals surface area contributed by atoms with Crippen molar-refractivity contribution in [3.8, 4) is 0 Å². The van der Waals surface area contributed by atoms with Crippen LogP contribution < -0.4 is 9.62 Å². The van der Waals surface area contributed by atoms with E-state index in [1.165, 1.54) is 7.11 Å². The lowest BCUT2D eigenvalue weighted by Gasteiger charge is -2.18. The molecule has 5 rings (SSSR count). The first kappa shape index (κ1) is 27.0. The molecule has 1 aliphatic heterocycles. The molecule has 3 aromatic carbocycles. The molecule has 0 atom stereocenters. The van der Waals surface area contributed by atoms with Crippen LogP contribution in [0, 0.1) is 0 Å². The van der Waals surface area contributed by atoms with Gasteiger partial charge < -0.3 is 14.1 Å². The number of benzene rings is 3. The number of aromatic nitrogens is 2. The maximum absolute atomic E-state index is 13.6. The monoisotopic (exact) mass is 561 g/mol. The van der Waals surface area contributed by atoms with E-state index in [0.29, 0.717) is 29.2 Å². The van der Waals surface area contributed by atoms with Crippen molar-refractivity contribution in [2.45, 2.75) is 19.7 Å². The Balaban J connectivity index is 1.37. The lowest BCUT2D eigenvalue weighted by molar-refractivity contribution is -0.112. The van der Waals surface area contributed by atoms with Crippen molar-refractivity contribution in [1.29, 1.82) is 0 Å². The summed E-state index contributed by atoms with van der Waals surface area (Å²) < 4.78 is 32.3. The Morgan fingerprint density at radius 1 is 1.02 bits per heavy atom. The van der Waals surface area contributed by atoms with E-state index in [2.05, 4.69) is 9.88 Å². The van der Waals surface area contributed by atoms with Crippen molar-refractivity contribution in [1.82, 2.24) is 14.3 Å². The number of esters is 1. The number of fused-ring (bicyclic) bond motifs is 2. The topological polar surface area (TPSA) is 132 Å². The second-order valence-electron chi connectivity index (χ2n) is 9.15. The second kappa shape index (κ2) is 11.3. The Hall–Kier alpha value is -4.55. The van der Waals surface area contributed by atoms with E-state index in [1.807, 2.05) is 47.0 Å². The van der Waals surface area contributed by atoms with Gasteiger partial charge in [0.2, 0.25) is 10.0 Å². The van der Waals surface area contributed by atoms with Crippen LogP contribution in [0.25, 0.3) is 11.0 Å². The molecule has 4 aromatic rings. The zero-order valence-electron chi connectivity index (χ0n) is 21.9. The number of nitrogens with zero attached hydrogens (tertiary/aromatic N) is 4. The van der Waals surface area contributed by atoms with Gasteiger partial charge in [-0.2, -0.15) is 0 Å². The van der Waals surface area contributed by atoms with Crippen LogP contribution in [0.2, 0.25) is 0 Å². The van der Waals surface area contributed by atoms with Gasteiger partial charge in [0.15, 0.2) is 5.71 Å².